The van der Waals surface area contributed by atoms with Gasteiger partial charge in [-0.15, -0.1) is 11.3 Å². The van der Waals surface area contributed by atoms with Crippen molar-refractivity contribution in [2.45, 2.75) is 13.5 Å². The molecule has 0 aliphatic rings. The van der Waals surface area contributed by atoms with Gasteiger partial charge in [0.05, 0.1) is 17.0 Å². The second-order valence-electron chi connectivity index (χ2n) is 3.44. The number of nitrogens with zero attached hydrogens (tertiary/aromatic N) is 3. The summed E-state index contributed by atoms with van der Waals surface area (Å²) >= 11 is 1.55. The van der Waals surface area contributed by atoms with Crippen LogP contribution in [0.25, 0.3) is 0 Å². The van der Waals surface area contributed by atoms with Gasteiger partial charge in [-0.25, -0.2) is 4.98 Å². The molecule has 0 aliphatic carbocycles. The van der Waals surface area contributed by atoms with E-state index in [9.17, 15) is 10.1 Å². The molecular weight excluding hydrogens is 240 g/mol. The van der Waals surface area contributed by atoms with Crippen molar-refractivity contribution in [3.8, 4) is 0 Å². The SMILES string of the molecule is Cc1cc([N+](=O)[O-])cnc1NCc1cncs1. The lowest BCUT2D eigenvalue weighted by atomic mass is 10.2. The zero-order chi connectivity index (χ0) is 12.3. The first-order valence-electron chi connectivity index (χ1n) is 4.89. The maximum absolute atomic E-state index is 10.5. The van der Waals surface area contributed by atoms with Gasteiger partial charge in [-0.05, 0) is 12.5 Å². The van der Waals surface area contributed by atoms with Crippen LogP contribution in [0.2, 0.25) is 0 Å². The van der Waals surface area contributed by atoms with E-state index in [4.69, 9.17) is 0 Å². The monoisotopic (exact) mass is 250 g/mol. The summed E-state index contributed by atoms with van der Waals surface area (Å²) in [7, 11) is 0. The van der Waals surface area contributed by atoms with E-state index in [1.165, 1.54) is 12.3 Å². The molecule has 88 valence electrons. The average molecular weight is 250 g/mol. The van der Waals surface area contributed by atoms with Crippen LogP contribution < -0.4 is 5.32 Å². The third-order valence-electron chi connectivity index (χ3n) is 2.19. The summed E-state index contributed by atoms with van der Waals surface area (Å²) in [5, 5.41) is 13.7. The molecule has 1 N–H and O–H groups in total. The van der Waals surface area contributed by atoms with Crippen molar-refractivity contribution in [2.75, 3.05) is 5.32 Å². The van der Waals surface area contributed by atoms with Crippen LogP contribution in [0, 0.1) is 17.0 Å². The molecule has 7 heteroatoms. The lowest BCUT2D eigenvalue weighted by Crippen LogP contribution is -2.02. The summed E-state index contributed by atoms with van der Waals surface area (Å²) in [6, 6.07) is 1.50. The summed E-state index contributed by atoms with van der Waals surface area (Å²) in [6.45, 7) is 2.41. The number of nitrogens with one attached hydrogen (secondary N) is 1. The molecule has 0 aliphatic heterocycles. The molecule has 0 bridgehead atoms. The maximum atomic E-state index is 10.5. The standard InChI is InChI=1S/C10H10N4O2S/c1-7-2-8(14(15)16)3-12-10(7)13-5-9-4-11-6-17-9/h2-4,6H,5H2,1H3,(H,12,13). The van der Waals surface area contributed by atoms with Crippen molar-refractivity contribution in [2.24, 2.45) is 0 Å². The lowest BCUT2D eigenvalue weighted by Gasteiger charge is -2.06. The summed E-state index contributed by atoms with van der Waals surface area (Å²) in [6.07, 6.45) is 3.03. The molecule has 0 amide bonds. The number of aryl methyl sites for hydroxylation is 1. The Balaban J connectivity index is 2.09. The Hall–Kier alpha value is -2.02. The molecule has 0 unspecified atom stereocenters. The normalized spacial score (nSPS) is 10.2. The Morgan fingerprint density at radius 1 is 1.53 bits per heavy atom. The van der Waals surface area contributed by atoms with Gasteiger partial charge < -0.3 is 5.32 Å². The summed E-state index contributed by atoms with van der Waals surface area (Å²) in [5.74, 6) is 0.656. The van der Waals surface area contributed by atoms with Gasteiger partial charge in [0.15, 0.2) is 0 Å². The fraction of sp³-hybridized carbons (Fsp3) is 0.200. The Labute approximate surface area is 102 Å². The van der Waals surface area contributed by atoms with Crippen molar-refractivity contribution in [1.29, 1.82) is 0 Å². The average Bonchev–Trinajstić information content (AvgIpc) is 2.80. The van der Waals surface area contributed by atoms with Crippen LogP contribution in [-0.2, 0) is 6.54 Å². The van der Waals surface area contributed by atoms with Crippen LogP contribution in [0.3, 0.4) is 0 Å². The second kappa shape index (κ2) is 4.88. The van der Waals surface area contributed by atoms with Crippen LogP contribution >= 0.6 is 11.3 Å². The molecule has 0 atom stereocenters. The molecule has 2 rings (SSSR count). The van der Waals surface area contributed by atoms with Gasteiger partial charge in [-0.1, -0.05) is 0 Å². The first-order valence-corrected chi connectivity index (χ1v) is 5.77. The van der Waals surface area contributed by atoms with Crippen LogP contribution in [0.5, 0.6) is 0 Å². The summed E-state index contributed by atoms with van der Waals surface area (Å²) < 4.78 is 0. The molecule has 0 saturated carbocycles. The van der Waals surface area contributed by atoms with Crippen molar-refractivity contribution in [3.05, 3.63) is 44.5 Å². The quantitative estimate of drug-likeness (QED) is 0.665. The van der Waals surface area contributed by atoms with E-state index < -0.39 is 4.92 Å². The predicted octanol–water partition coefficient (Wildman–Crippen LogP) is 2.37. The third kappa shape index (κ3) is 2.76. The molecule has 17 heavy (non-hydrogen) atoms. The largest absolute Gasteiger partial charge is 0.365 e. The van der Waals surface area contributed by atoms with Crippen molar-refractivity contribution in [3.63, 3.8) is 0 Å². The van der Waals surface area contributed by atoms with E-state index >= 15 is 0 Å². The fourth-order valence-electron chi connectivity index (χ4n) is 1.35. The molecule has 0 fully saturated rings. The molecule has 0 saturated heterocycles. The Bertz CT molecular complexity index is 527. The number of thiazole rings is 1. The number of rotatable bonds is 4. The van der Waals surface area contributed by atoms with Gasteiger partial charge >= 0.3 is 0 Å². The zero-order valence-electron chi connectivity index (χ0n) is 9.08. The van der Waals surface area contributed by atoms with Crippen LogP contribution in [0.4, 0.5) is 11.5 Å². The van der Waals surface area contributed by atoms with E-state index in [0.717, 1.165) is 10.4 Å². The van der Waals surface area contributed by atoms with Gasteiger partial charge in [-0.3, -0.25) is 15.1 Å². The summed E-state index contributed by atoms with van der Waals surface area (Å²) in [5.41, 5.74) is 2.52. The molecule has 2 heterocycles. The lowest BCUT2D eigenvalue weighted by molar-refractivity contribution is -0.385. The van der Waals surface area contributed by atoms with Crippen molar-refractivity contribution in [1.82, 2.24) is 9.97 Å². The van der Waals surface area contributed by atoms with Crippen LogP contribution in [0.15, 0.2) is 24.0 Å². The molecule has 2 aromatic heterocycles. The highest BCUT2D eigenvalue weighted by atomic mass is 32.1. The van der Waals surface area contributed by atoms with Crippen molar-refractivity contribution < 1.29 is 4.92 Å². The highest BCUT2D eigenvalue weighted by Gasteiger charge is 2.09. The summed E-state index contributed by atoms with van der Waals surface area (Å²) in [4.78, 5) is 19.2. The fourth-order valence-corrected chi connectivity index (χ4v) is 1.88. The van der Waals surface area contributed by atoms with E-state index in [1.54, 1.807) is 30.0 Å². The van der Waals surface area contributed by atoms with E-state index in [-0.39, 0.29) is 5.69 Å². The minimum Gasteiger partial charge on any atom is -0.365 e. The first kappa shape index (κ1) is 11.5. The Morgan fingerprint density at radius 3 is 2.94 bits per heavy atom. The zero-order valence-corrected chi connectivity index (χ0v) is 9.90. The smallest absolute Gasteiger partial charge is 0.287 e. The predicted molar refractivity (Wildman–Crippen MR) is 65.1 cm³/mol. The van der Waals surface area contributed by atoms with Crippen molar-refractivity contribution >= 4 is 22.8 Å². The number of hydrogen-bond donors (Lipinski definition) is 1. The molecule has 6 nitrogen and oxygen atoms in total. The number of aromatic nitrogens is 2. The molecule has 2 aromatic rings. The van der Waals surface area contributed by atoms with Crippen LogP contribution in [-0.4, -0.2) is 14.9 Å². The first-order chi connectivity index (χ1) is 8.16. The molecular formula is C10H10N4O2S. The number of pyridine rings is 1. The maximum Gasteiger partial charge on any atom is 0.287 e. The highest BCUT2D eigenvalue weighted by Crippen LogP contribution is 2.18. The minimum absolute atomic E-state index is 0.00541. The van der Waals surface area contributed by atoms with Gasteiger partial charge in [0.1, 0.15) is 12.0 Å². The molecule has 0 radical (unpaired) electrons. The van der Waals surface area contributed by atoms with Crippen LogP contribution in [0.1, 0.15) is 10.4 Å². The third-order valence-corrected chi connectivity index (χ3v) is 2.97. The minimum atomic E-state index is -0.451. The topological polar surface area (TPSA) is 81.0 Å². The number of anilines is 1. The van der Waals surface area contributed by atoms with Gasteiger partial charge in [-0.2, -0.15) is 0 Å². The van der Waals surface area contributed by atoms with E-state index in [1.807, 2.05) is 0 Å². The highest BCUT2D eigenvalue weighted by molar-refractivity contribution is 7.09. The molecule has 0 spiro atoms. The van der Waals surface area contributed by atoms with Gasteiger partial charge in [0.2, 0.25) is 0 Å². The number of hydrogen-bond acceptors (Lipinski definition) is 6. The van der Waals surface area contributed by atoms with E-state index in [0.29, 0.717) is 12.4 Å². The van der Waals surface area contributed by atoms with E-state index in [2.05, 4.69) is 15.3 Å². The molecule has 0 aromatic carbocycles. The Kier molecular flexibility index (Phi) is 3.29. The second-order valence-corrected chi connectivity index (χ2v) is 4.41. The van der Waals surface area contributed by atoms with Gasteiger partial charge in [0.25, 0.3) is 5.69 Å². The van der Waals surface area contributed by atoms with Gasteiger partial charge in [0, 0.05) is 17.1 Å². The number of nitro groups is 1. The Morgan fingerprint density at radius 2 is 2.35 bits per heavy atom.